The van der Waals surface area contributed by atoms with Crippen molar-refractivity contribution < 1.29 is 9.53 Å². The van der Waals surface area contributed by atoms with Crippen molar-refractivity contribution in [3.05, 3.63) is 22.4 Å². The van der Waals surface area contributed by atoms with Crippen molar-refractivity contribution in [1.82, 2.24) is 5.32 Å². The summed E-state index contributed by atoms with van der Waals surface area (Å²) in [6.07, 6.45) is -0.0578. The topological polar surface area (TPSA) is 38.3 Å². The van der Waals surface area contributed by atoms with Crippen LogP contribution < -0.4 is 5.32 Å². The van der Waals surface area contributed by atoms with Gasteiger partial charge in [0, 0.05) is 19.1 Å². The van der Waals surface area contributed by atoms with E-state index in [2.05, 4.69) is 5.32 Å². The van der Waals surface area contributed by atoms with Crippen molar-refractivity contribution in [2.24, 2.45) is 5.41 Å². The Bertz CT molecular complexity index is 327. The monoisotopic (exact) mass is 241 g/mol. The van der Waals surface area contributed by atoms with E-state index in [9.17, 15) is 4.79 Å². The molecule has 0 spiro atoms. The molecule has 1 heterocycles. The zero-order valence-electron chi connectivity index (χ0n) is 10.2. The molecule has 90 valence electrons. The van der Waals surface area contributed by atoms with E-state index in [0.29, 0.717) is 6.54 Å². The lowest BCUT2D eigenvalue weighted by Gasteiger charge is -2.20. The summed E-state index contributed by atoms with van der Waals surface area (Å²) in [5, 5.41) is 6.95. The van der Waals surface area contributed by atoms with Crippen LogP contribution in [-0.4, -0.2) is 19.6 Å². The van der Waals surface area contributed by atoms with Gasteiger partial charge in [-0.3, -0.25) is 4.79 Å². The van der Waals surface area contributed by atoms with Gasteiger partial charge in [-0.2, -0.15) is 11.3 Å². The molecule has 1 unspecified atom stereocenters. The minimum absolute atomic E-state index is 0.0461. The van der Waals surface area contributed by atoms with E-state index < -0.39 is 0 Å². The van der Waals surface area contributed by atoms with Crippen molar-refractivity contribution in [2.45, 2.75) is 26.9 Å². The Labute approximate surface area is 101 Å². The molecule has 3 nitrogen and oxygen atoms in total. The molecule has 0 aliphatic carbocycles. The minimum Gasteiger partial charge on any atom is -0.375 e. The molecule has 1 amide bonds. The van der Waals surface area contributed by atoms with Crippen LogP contribution in [0.1, 0.15) is 32.4 Å². The van der Waals surface area contributed by atoms with Crippen LogP contribution in [-0.2, 0) is 9.53 Å². The van der Waals surface area contributed by atoms with Crippen LogP contribution in [0, 0.1) is 5.41 Å². The van der Waals surface area contributed by atoms with E-state index in [1.165, 1.54) is 0 Å². The second-order valence-electron chi connectivity index (χ2n) is 4.74. The van der Waals surface area contributed by atoms with Gasteiger partial charge in [0.1, 0.15) is 6.10 Å². The SMILES string of the molecule is COC(CNC(=O)C(C)(C)C)c1ccsc1. The van der Waals surface area contributed by atoms with Crippen LogP contribution in [0.2, 0.25) is 0 Å². The summed E-state index contributed by atoms with van der Waals surface area (Å²) < 4.78 is 5.35. The smallest absolute Gasteiger partial charge is 0.225 e. The maximum absolute atomic E-state index is 11.7. The predicted octanol–water partition coefficient (Wildman–Crippen LogP) is 2.60. The maximum Gasteiger partial charge on any atom is 0.225 e. The number of rotatable bonds is 4. The number of nitrogens with one attached hydrogen (secondary N) is 1. The minimum atomic E-state index is -0.354. The summed E-state index contributed by atoms with van der Waals surface area (Å²) in [5.41, 5.74) is 0.758. The van der Waals surface area contributed by atoms with E-state index in [4.69, 9.17) is 4.74 Å². The molecular formula is C12H19NO2S. The highest BCUT2D eigenvalue weighted by Gasteiger charge is 2.22. The molecule has 0 radical (unpaired) electrons. The van der Waals surface area contributed by atoms with Gasteiger partial charge in [-0.1, -0.05) is 20.8 Å². The number of carbonyl (C=O) groups is 1. The molecule has 16 heavy (non-hydrogen) atoms. The number of amides is 1. The molecule has 1 aromatic rings. The Balaban J connectivity index is 2.51. The van der Waals surface area contributed by atoms with Gasteiger partial charge in [-0.15, -0.1) is 0 Å². The zero-order chi connectivity index (χ0) is 12.2. The van der Waals surface area contributed by atoms with Gasteiger partial charge < -0.3 is 10.1 Å². The van der Waals surface area contributed by atoms with Crippen molar-refractivity contribution in [3.8, 4) is 0 Å². The first kappa shape index (κ1) is 13.2. The third-order valence-corrected chi connectivity index (χ3v) is 3.03. The average Bonchev–Trinajstić information content (AvgIpc) is 2.70. The van der Waals surface area contributed by atoms with Crippen molar-refractivity contribution >= 4 is 17.2 Å². The third-order valence-electron chi connectivity index (χ3n) is 2.33. The molecule has 0 aromatic carbocycles. The van der Waals surface area contributed by atoms with Gasteiger partial charge >= 0.3 is 0 Å². The molecule has 4 heteroatoms. The zero-order valence-corrected chi connectivity index (χ0v) is 11.1. The summed E-state index contributed by atoms with van der Waals surface area (Å²) >= 11 is 1.63. The van der Waals surface area contributed by atoms with Crippen molar-refractivity contribution in [1.29, 1.82) is 0 Å². The van der Waals surface area contributed by atoms with Crippen molar-refractivity contribution in [2.75, 3.05) is 13.7 Å². The summed E-state index contributed by atoms with van der Waals surface area (Å²) in [6, 6.07) is 2.02. The van der Waals surface area contributed by atoms with Crippen LogP contribution in [0.3, 0.4) is 0 Å². The van der Waals surface area contributed by atoms with E-state index in [1.807, 2.05) is 37.6 Å². The largest absolute Gasteiger partial charge is 0.375 e. The van der Waals surface area contributed by atoms with E-state index >= 15 is 0 Å². The first-order chi connectivity index (χ1) is 7.45. The summed E-state index contributed by atoms with van der Waals surface area (Å²) in [6.45, 7) is 6.21. The lowest BCUT2D eigenvalue weighted by Crippen LogP contribution is -2.37. The standard InChI is InChI=1S/C12H19NO2S/c1-12(2,3)11(14)13-7-10(15-4)9-5-6-16-8-9/h5-6,8,10H,7H2,1-4H3,(H,13,14). The normalized spacial score (nSPS) is 13.5. The Hall–Kier alpha value is -0.870. The first-order valence-electron chi connectivity index (χ1n) is 5.28. The molecule has 0 saturated carbocycles. The Kier molecular flexibility index (Phi) is 4.50. The number of hydrogen-bond acceptors (Lipinski definition) is 3. The number of hydrogen-bond donors (Lipinski definition) is 1. The first-order valence-corrected chi connectivity index (χ1v) is 6.22. The molecule has 1 rings (SSSR count). The van der Waals surface area contributed by atoms with Crippen molar-refractivity contribution in [3.63, 3.8) is 0 Å². The fraction of sp³-hybridized carbons (Fsp3) is 0.583. The summed E-state index contributed by atoms with van der Waals surface area (Å²) in [4.78, 5) is 11.7. The van der Waals surface area contributed by atoms with Gasteiger partial charge in [0.2, 0.25) is 5.91 Å². The van der Waals surface area contributed by atoms with E-state index in [1.54, 1.807) is 18.4 Å². The maximum atomic E-state index is 11.7. The lowest BCUT2D eigenvalue weighted by atomic mass is 9.95. The fourth-order valence-corrected chi connectivity index (χ4v) is 1.95. The molecule has 0 aliphatic heterocycles. The number of methoxy groups -OCH3 is 1. The number of ether oxygens (including phenoxy) is 1. The third kappa shape index (κ3) is 3.61. The summed E-state index contributed by atoms with van der Waals surface area (Å²) in [5.74, 6) is 0.0461. The van der Waals surface area contributed by atoms with E-state index in [0.717, 1.165) is 5.56 Å². The highest BCUT2D eigenvalue weighted by Crippen LogP contribution is 2.19. The summed E-state index contributed by atoms with van der Waals surface area (Å²) in [7, 11) is 1.66. The predicted molar refractivity (Wildman–Crippen MR) is 66.5 cm³/mol. The van der Waals surface area contributed by atoms with Gasteiger partial charge in [-0.25, -0.2) is 0 Å². The second-order valence-corrected chi connectivity index (χ2v) is 5.52. The van der Waals surface area contributed by atoms with Crippen LogP contribution in [0.25, 0.3) is 0 Å². The average molecular weight is 241 g/mol. The van der Waals surface area contributed by atoms with Gasteiger partial charge in [0.25, 0.3) is 0 Å². The molecule has 1 N–H and O–H groups in total. The van der Waals surface area contributed by atoms with Crippen LogP contribution in [0.15, 0.2) is 16.8 Å². The van der Waals surface area contributed by atoms with E-state index in [-0.39, 0.29) is 17.4 Å². The Morgan fingerprint density at radius 1 is 1.56 bits per heavy atom. The van der Waals surface area contributed by atoms with Crippen LogP contribution in [0.4, 0.5) is 0 Å². The highest BCUT2D eigenvalue weighted by atomic mass is 32.1. The van der Waals surface area contributed by atoms with Crippen LogP contribution >= 0.6 is 11.3 Å². The lowest BCUT2D eigenvalue weighted by molar-refractivity contribution is -0.129. The van der Waals surface area contributed by atoms with Crippen LogP contribution in [0.5, 0.6) is 0 Å². The quantitative estimate of drug-likeness (QED) is 0.880. The molecule has 1 aromatic heterocycles. The number of carbonyl (C=O) groups excluding carboxylic acids is 1. The molecule has 1 atom stereocenters. The van der Waals surface area contributed by atoms with Gasteiger partial charge in [0.15, 0.2) is 0 Å². The number of thiophene rings is 1. The van der Waals surface area contributed by atoms with Gasteiger partial charge in [-0.05, 0) is 22.4 Å². The Morgan fingerprint density at radius 2 is 2.25 bits per heavy atom. The molecule has 0 aliphatic rings. The highest BCUT2D eigenvalue weighted by molar-refractivity contribution is 7.07. The fourth-order valence-electron chi connectivity index (χ4n) is 1.25. The molecule has 0 bridgehead atoms. The Morgan fingerprint density at radius 3 is 2.69 bits per heavy atom. The molecular weight excluding hydrogens is 222 g/mol. The molecule has 0 saturated heterocycles. The van der Waals surface area contributed by atoms with Gasteiger partial charge in [0.05, 0.1) is 0 Å². The molecule has 0 fully saturated rings. The second kappa shape index (κ2) is 5.46.